The Morgan fingerprint density at radius 3 is 2.59 bits per heavy atom. The maximum atomic E-state index is 11.9. The predicted molar refractivity (Wildman–Crippen MR) is 75.5 cm³/mol. The number of nitrogens with one attached hydrogen (secondary N) is 1. The number of hydrogen-bond acceptors (Lipinski definition) is 2. The van der Waals surface area contributed by atoms with Crippen molar-refractivity contribution in [3.05, 3.63) is 0 Å². The molecule has 0 aliphatic rings. The van der Waals surface area contributed by atoms with Crippen molar-refractivity contribution < 1.29 is 9.53 Å². The van der Waals surface area contributed by atoms with Crippen LogP contribution in [0.3, 0.4) is 0 Å². The highest BCUT2D eigenvalue weighted by molar-refractivity contribution is 9.09. The summed E-state index contributed by atoms with van der Waals surface area (Å²) in [5.41, 5.74) is 0. The molecule has 0 fully saturated rings. The van der Waals surface area contributed by atoms with E-state index in [0.29, 0.717) is 11.4 Å². The molecule has 0 spiro atoms. The second-order valence-corrected chi connectivity index (χ2v) is 5.67. The number of unbranched alkanes of at least 4 members (excludes halogenated alkanes) is 1. The summed E-state index contributed by atoms with van der Waals surface area (Å²) in [6.07, 6.45) is 5.14. The van der Waals surface area contributed by atoms with Gasteiger partial charge in [0.1, 0.15) is 0 Å². The topological polar surface area (TPSA) is 38.3 Å². The maximum absolute atomic E-state index is 11.9. The number of halogens is 1. The predicted octanol–water partition coefficient (Wildman–Crippen LogP) is 3.12. The van der Waals surface area contributed by atoms with Crippen LogP contribution in [0.15, 0.2) is 0 Å². The Balaban J connectivity index is 3.74. The van der Waals surface area contributed by atoms with Crippen molar-refractivity contribution in [3.8, 4) is 0 Å². The van der Waals surface area contributed by atoms with Gasteiger partial charge in [-0.3, -0.25) is 4.79 Å². The Kier molecular flexibility index (Phi) is 11.0. The lowest BCUT2D eigenvalue weighted by Gasteiger charge is -2.15. The quantitative estimate of drug-likeness (QED) is 0.630. The first-order chi connectivity index (χ1) is 8.15. The van der Waals surface area contributed by atoms with Crippen LogP contribution in [-0.4, -0.2) is 31.0 Å². The minimum Gasteiger partial charge on any atom is -0.384 e. The van der Waals surface area contributed by atoms with E-state index >= 15 is 0 Å². The van der Waals surface area contributed by atoms with Crippen molar-refractivity contribution in [2.45, 2.75) is 50.8 Å². The molecule has 0 aliphatic heterocycles. The van der Waals surface area contributed by atoms with E-state index in [9.17, 15) is 4.79 Å². The van der Waals surface area contributed by atoms with Crippen LogP contribution >= 0.6 is 15.9 Å². The van der Waals surface area contributed by atoms with E-state index < -0.39 is 0 Å². The molecule has 1 N–H and O–H groups in total. The molecule has 0 heterocycles. The van der Waals surface area contributed by atoms with E-state index in [1.165, 1.54) is 0 Å². The normalized spacial score (nSPS) is 14.4. The molecule has 102 valence electrons. The zero-order valence-electron chi connectivity index (χ0n) is 11.3. The highest BCUT2D eigenvalue weighted by Crippen LogP contribution is 2.12. The molecule has 4 heteroatoms. The first kappa shape index (κ1) is 16.9. The van der Waals surface area contributed by atoms with Crippen LogP contribution in [0.25, 0.3) is 0 Å². The summed E-state index contributed by atoms with van der Waals surface area (Å²) >= 11 is 3.51. The highest BCUT2D eigenvalue weighted by atomic mass is 79.9. The van der Waals surface area contributed by atoms with Gasteiger partial charge in [-0.15, -0.1) is 0 Å². The molecule has 1 amide bonds. The molecular formula is C13H26BrNO2. The summed E-state index contributed by atoms with van der Waals surface area (Å²) in [7, 11) is 1.69. The minimum absolute atomic E-state index is 0.186. The van der Waals surface area contributed by atoms with Crippen LogP contribution in [0.2, 0.25) is 0 Å². The van der Waals surface area contributed by atoms with Gasteiger partial charge in [-0.25, -0.2) is 0 Å². The van der Waals surface area contributed by atoms with Gasteiger partial charge in [-0.2, -0.15) is 0 Å². The molecule has 0 aromatic heterocycles. The van der Waals surface area contributed by atoms with Crippen LogP contribution in [0, 0.1) is 5.92 Å². The van der Waals surface area contributed by atoms with E-state index in [0.717, 1.165) is 38.6 Å². The second-order valence-electron chi connectivity index (χ2n) is 4.38. The molecule has 0 saturated heterocycles. The number of hydrogen-bond donors (Lipinski definition) is 1. The molecule has 0 aliphatic carbocycles. The van der Waals surface area contributed by atoms with Crippen LogP contribution in [0.5, 0.6) is 0 Å². The number of carbonyl (C=O) groups excluding carboxylic acids is 1. The van der Waals surface area contributed by atoms with Crippen molar-refractivity contribution in [2.24, 2.45) is 5.92 Å². The molecule has 0 radical (unpaired) electrons. The Morgan fingerprint density at radius 1 is 1.35 bits per heavy atom. The monoisotopic (exact) mass is 307 g/mol. The van der Waals surface area contributed by atoms with Gasteiger partial charge in [0.2, 0.25) is 5.91 Å². The molecule has 0 aromatic carbocycles. The molecule has 17 heavy (non-hydrogen) atoms. The second kappa shape index (κ2) is 11.0. The lowest BCUT2D eigenvalue weighted by Crippen LogP contribution is -2.32. The smallest absolute Gasteiger partial charge is 0.223 e. The summed E-state index contributed by atoms with van der Waals surface area (Å²) in [5.74, 6) is 0.393. The third-order valence-corrected chi connectivity index (χ3v) is 3.60. The van der Waals surface area contributed by atoms with Crippen LogP contribution in [0.1, 0.15) is 46.0 Å². The van der Waals surface area contributed by atoms with Crippen LogP contribution in [0.4, 0.5) is 0 Å². The van der Waals surface area contributed by atoms with E-state index in [-0.39, 0.29) is 11.8 Å². The van der Waals surface area contributed by atoms with Gasteiger partial charge in [0.05, 0.1) is 6.61 Å². The molecule has 0 bridgehead atoms. The van der Waals surface area contributed by atoms with Gasteiger partial charge < -0.3 is 10.1 Å². The highest BCUT2D eigenvalue weighted by Gasteiger charge is 2.15. The summed E-state index contributed by atoms with van der Waals surface area (Å²) in [6.45, 7) is 5.65. The first-order valence-electron chi connectivity index (χ1n) is 6.56. The number of ether oxygens (including phenoxy) is 1. The Morgan fingerprint density at radius 2 is 2.06 bits per heavy atom. The summed E-state index contributed by atoms with van der Waals surface area (Å²) < 4.78 is 5.02. The molecule has 0 rings (SSSR count). The van der Waals surface area contributed by atoms with E-state index in [1.807, 2.05) is 0 Å². The summed E-state index contributed by atoms with van der Waals surface area (Å²) in [6, 6.07) is 0. The summed E-state index contributed by atoms with van der Waals surface area (Å²) in [4.78, 5) is 12.2. The number of alkyl halides is 1. The fraction of sp³-hybridized carbons (Fsp3) is 0.923. The molecular weight excluding hydrogens is 282 g/mol. The zero-order valence-corrected chi connectivity index (χ0v) is 12.9. The zero-order chi connectivity index (χ0) is 13.1. The lowest BCUT2D eigenvalue weighted by molar-refractivity contribution is -0.125. The fourth-order valence-electron chi connectivity index (χ4n) is 1.73. The first-order valence-corrected chi connectivity index (χ1v) is 7.47. The van der Waals surface area contributed by atoms with Crippen LogP contribution < -0.4 is 5.32 Å². The molecule has 0 saturated carbocycles. The number of methoxy groups -OCH3 is 1. The fourth-order valence-corrected chi connectivity index (χ4v) is 2.22. The number of amides is 1. The Labute approximate surface area is 114 Å². The standard InChI is InChI=1S/C13H26BrNO2/c1-4-6-7-11(5-2)13(16)15-9-8-12(14)10-17-3/h11-12H,4-10H2,1-3H3,(H,15,16). The SMILES string of the molecule is CCCCC(CC)C(=O)NCCC(Br)COC. The molecule has 0 aromatic rings. The Hall–Kier alpha value is -0.0900. The molecule has 2 unspecified atom stereocenters. The average molecular weight is 308 g/mol. The van der Waals surface area contributed by atoms with Gasteiger partial charge in [0.15, 0.2) is 0 Å². The van der Waals surface area contributed by atoms with Crippen molar-refractivity contribution in [3.63, 3.8) is 0 Å². The van der Waals surface area contributed by atoms with Gasteiger partial charge in [-0.1, -0.05) is 42.6 Å². The van der Waals surface area contributed by atoms with Crippen molar-refractivity contribution >= 4 is 21.8 Å². The van der Waals surface area contributed by atoms with Crippen molar-refractivity contribution in [2.75, 3.05) is 20.3 Å². The average Bonchev–Trinajstić information content (AvgIpc) is 2.30. The van der Waals surface area contributed by atoms with Gasteiger partial charge in [0.25, 0.3) is 0 Å². The maximum Gasteiger partial charge on any atom is 0.223 e. The van der Waals surface area contributed by atoms with Gasteiger partial charge >= 0.3 is 0 Å². The van der Waals surface area contributed by atoms with Crippen LogP contribution in [-0.2, 0) is 9.53 Å². The lowest BCUT2D eigenvalue weighted by atomic mass is 9.98. The van der Waals surface area contributed by atoms with Gasteiger partial charge in [-0.05, 0) is 19.3 Å². The van der Waals surface area contributed by atoms with E-state index in [1.54, 1.807) is 7.11 Å². The van der Waals surface area contributed by atoms with E-state index in [2.05, 4.69) is 35.1 Å². The summed E-state index contributed by atoms with van der Waals surface area (Å²) in [5, 5.41) is 3.01. The van der Waals surface area contributed by atoms with Crippen molar-refractivity contribution in [1.82, 2.24) is 5.32 Å². The largest absolute Gasteiger partial charge is 0.384 e. The Bertz CT molecular complexity index is 200. The van der Waals surface area contributed by atoms with E-state index in [4.69, 9.17) is 4.74 Å². The number of rotatable bonds is 10. The molecule has 2 atom stereocenters. The van der Waals surface area contributed by atoms with Gasteiger partial charge in [0, 0.05) is 24.4 Å². The molecule has 3 nitrogen and oxygen atoms in total. The third-order valence-electron chi connectivity index (χ3n) is 2.87. The minimum atomic E-state index is 0.186. The third kappa shape index (κ3) is 8.61. The number of carbonyl (C=O) groups is 1. The van der Waals surface area contributed by atoms with Crippen molar-refractivity contribution in [1.29, 1.82) is 0 Å².